The lowest BCUT2D eigenvalue weighted by atomic mass is 10.0. The average molecular weight is 274 g/mol. The van der Waals surface area contributed by atoms with Crippen LogP contribution in [0.1, 0.15) is 30.6 Å². The largest absolute Gasteiger partial charge is 0.497 e. The Kier molecular flexibility index (Phi) is 5.07. The van der Waals surface area contributed by atoms with Crippen LogP contribution in [0.2, 0.25) is 0 Å². The predicted octanol–water partition coefficient (Wildman–Crippen LogP) is 3.32. The minimum Gasteiger partial charge on any atom is -0.497 e. The third kappa shape index (κ3) is 3.54. The highest BCUT2D eigenvalue weighted by Crippen LogP contribution is 2.24. The highest BCUT2D eigenvalue weighted by molar-refractivity contribution is 5.34. The number of nitrogens with zero attached hydrogens (tertiary/aromatic N) is 1. The van der Waals surface area contributed by atoms with Crippen LogP contribution in [0.15, 0.2) is 42.6 Å². The Labute approximate surface area is 118 Å². The van der Waals surface area contributed by atoms with E-state index in [1.165, 1.54) is 12.3 Å². The van der Waals surface area contributed by atoms with Crippen molar-refractivity contribution in [3.63, 3.8) is 0 Å². The first-order chi connectivity index (χ1) is 9.74. The van der Waals surface area contributed by atoms with Crippen LogP contribution in [-0.4, -0.2) is 18.6 Å². The molecule has 1 aromatic heterocycles. The topological polar surface area (TPSA) is 34.1 Å². The van der Waals surface area contributed by atoms with Crippen molar-refractivity contribution < 1.29 is 9.13 Å². The first kappa shape index (κ1) is 14.5. The summed E-state index contributed by atoms with van der Waals surface area (Å²) in [6.07, 6.45) is 2.26. The molecule has 20 heavy (non-hydrogen) atoms. The van der Waals surface area contributed by atoms with Crippen molar-refractivity contribution >= 4 is 0 Å². The van der Waals surface area contributed by atoms with Crippen LogP contribution in [0, 0.1) is 5.82 Å². The second-order valence-corrected chi connectivity index (χ2v) is 4.57. The molecule has 0 aliphatic heterocycles. The van der Waals surface area contributed by atoms with Gasteiger partial charge in [-0.1, -0.05) is 19.1 Å². The van der Waals surface area contributed by atoms with Gasteiger partial charge in [0.1, 0.15) is 11.6 Å². The summed E-state index contributed by atoms with van der Waals surface area (Å²) in [7, 11) is 1.64. The van der Waals surface area contributed by atoms with Crippen LogP contribution in [-0.2, 0) is 0 Å². The van der Waals surface area contributed by atoms with Crippen LogP contribution in [0.5, 0.6) is 5.75 Å². The number of hydrogen-bond donors (Lipinski definition) is 1. The van der Waals surface area contributed by atoms with Crippen LogP contribution < -0.4 is 10.1 Å². The number of ether oxygens (including phenoxy) is 1. The van der Waals surface area contributed by atoms with Crippen molar-refractivity contribution in [3.05, 3.63) is 59.7 Å². The zero-order valence-corrected chi connectivity index (χ0v) is 11.8. The first-order valence-corrected chi connectivity index (χ1v) is 6.73. The Morgan fingerprint density at radius 2 is 2.15 bits per heavy atom. The fourth-order valence-corrected chi connectivity index (χ4v) is 2.06. The fraction of sp³-hybridized carbons (Fsp3) is 0.312. The van der Waals surface area contributed by atoms with E-state index in [0.717, 1.165) is 30.0 Å². The molecular weight excluding hydrogens is 255 g/mol. The van der Waals surface area contributed by atoms with E-state index in [1.54, 1.807) is 13.2 Å². The molecule has 1 aromatic carbocycles. The maximum Gasteiger partial charge on any atom is 0.141 e. The van der Waals surface area contributed by atoms with E-state index in [4.69, 9.17) is 4.74 Å². The van der Waals surface area contributed by atoms with Gasteiger partial charge in [0, 0.05) is 0 Å². The normalized spacial score (nSPS) is 12.2. The number of nitrogens with one attached hydrogen (secondary N) is 1. The quantitative estimate of drug-likeness (QED) is 0.877. The van der Waals surface area contributed by atoms with Crippen molar-refractivity contribution in [1.29, 1.82) is 0 Å². The SMILES string of the molecule is CCCNC(c1cccc(OC)c1)c1ccc(F)cn1. The van der Waals surface area contributed by atoms with E-state index >= 15 is 0 Å². The molecule has 0 aliphatic rings. The lowest BCUT2D eigenvalue weighted by Gasteiger charge is -2.19. The van der Waals surface area contributed by atoms with Crippen molar-refractivity contribution in [2.45, 2.75) is 19.4 Å². The number of pyridine rings is 1. The molecule has 0 aliphatic carbocycles. The zero-order chi connectivity index (χ0) is 14.4. The molecule has 3 nitrogen and oxygen atoms in total. The summed E-state index contributed by atoms with van der Waals surface area (Å²) in [5.41, 5.74) is 1.85. The molecule has 2 rings (SSSR count). The summed E-state index contributed by atoms with van der Waals surface area (Å²) in [6, 6.07) is 10.9. The average Bonchev–Trinajstić information content (AvgIpc) is 2.49. The smallest absolute Gasteiger partial charge is 0.141 e. The third-order valence-corrected chi connectivity index (χ3v) is 3.07. The van der Waals surface area contributed by atoms with Gasteiger partial charge in [0.05, 0.1) is 25.0 Å². The zero-order valence-electron chi connectivity index (χ0n) is 11.8. The molecule has 0 amide bonds. The molecule has 0 radical (unpaired) electrons. The summed E-state index contributed by atoms with van der Waals surface area (Å²) in [5, 5.41) is 3.43. The summed E-state index contributed by atoms with van der Waals surface area (Å²) < 4.78 is 18.3. The van der Waals surface area contributed by atoms with E-state index in [1.807, 2.05) is 24.3 Å². The molecule has 0 bridgehead atoms. The maximum absolute atomic E-state index is 13.0. The number of methoxy groups -OCH3 is 1. The van der Waals surface area contributed by atoms with Crippen LogP contribution in [0.4, 0.5) is 4.39 Å². The Hall–Kier alpha value is -1.94. The van der Waals surface area contributed by atoms with Gasteiger partial charge in [0.2, 0.25) is 0 Å². The minimum atomic E-state index is -0.325. The van der Waals surface area contributed by atoms with E-state index in [-0.39, 0.29) is 11.9 Å². The lowest BCUT2D eigenvalue weighted by Crippen LogP contribution is -2.24. The van der Waals surface area contributed by atoms with E-state index in [0.29, 0.717) is 0 Å². The predicted molar refractivity (Wildman–Crippen MR) is 77.3 cm³/mol. The van der Waals surface area contributed by atoms with Gasteiger partial charge in [-0.05, 0) is 42.8 Å². The minimum absolute atomic E-state index is 0.0642. The van der Waals surface area contributed by atoms with Gasteiger partial charge in [-0.15, -0.1) is 0 Å². The fourth-order valence-electron chi connectivity index (χ4n) is 2.06. The number of rotatable bonds is 6. The number of halogens is 1. The summed E-state index contributed by atoms with van der Waals surface area (Å²) in [5.74, 6) is 0.474. The summed E-state index contributed by atoms with van der Waals surface area (Å²) in [4.78, 5) is 4.19. The van der Waals surface area contributed by atoms with Crippen molar-refractivity contribution in [2.24, 2.45) is 0 Å². The molecule has 1 atom stereocenters. The second kappa shape index (κ2) is 7.01. The highest BCUT2D eigenvalue weighted by Gasteiger charge is 2.15. The molecule has 0 fully saturated rings. The second-order valence-electron chi connectivity index (χ2n) is 4.57. The van der Waals surface area contributed by atoms with Gasteiger partial charge >= 0.3 is 0 Å². The van der Waals surface area contributed by atoms with Crippen molar-refractivity contribution in [2.75, 3.05) is 13.7 Å². The number of aromatic nitrogens is 1. The molecular formula is C16H19FN2O. The number of benzene rings is 1. The Balaban J connectivity index is 2.32. The van der Waals surface area contributed by atoms with E-state index < -0.39 is 0 Å². The monoisotopic (exact) mass is 274 g/mol. The van der Waals surface area contributed by atoms with Gasteiger partial charge in [-0.25, -0.2) is 4.39 Å². The van der Waals surface area contributed by atoms with Crippen LogP contribution in [0.3, 0.4) is 0 Å². The van der Waals surface area contributed by atoms with Crippen molar-refractivity contribution in [1.82, 2.24) is 10.3 Å². The Morgan fingerprint density at radius 1 is 1.30 bits per heavy atom. The van der Waals surface area contributed by atoms with Gasteiger partial charge in [-0.2, -0.15) is 0 Å². The van der Waals surface area contributed by atoms with Gasteiger partial charge in [0.25, 0.3) is 0 Å². The lowest BCUT2D eigenvalue weighted by molar-refractivity contribution is 0.413. The molecule has 0 saturated carbocycles. The van der Waals surface area contributed by atoms with E-state index in [2.05, 4.69) is 17.2 Å². The molecule has 106 valence electrons. The molecule has 1 heterocycles. The highest BCUT2D eigenvalue weighted by atomic mass is 19.1. The first-order valence-electron chi connectivity index (χ1n) is 6.73. The molecule has 0 spiro atoms. The standard InChI is InChI=1S/C16H19FN2O/c1-3-9-18-16(15-8-7-13(17)11-19-15)12-5-4-6-14(10-12)20-2/h4-8,10-11,16,18H,3,9H2,1-2H3. The van der Waals surface area contributed by atoms with Gasteiger partial charge in [0.15, 0.2) is 0 Å². The van der Waals surface area contributed by atoms with Crippen LogP contribution in [0.25, 0.3) is 0 Å². The van der Waals surface area contributed by atoms with E-state index in [9.17, 15) is 4.39 Å². The molecule has 0 saturated heterocycles. The van der Waals surface area contributed by atoms with Gasteiger partial charge < -0.3 is 10.1 Å². The maximum atomic E-state index is 13.0. The van der Waals surface area contributed by atoms with Crippen LogP contribution >= 0.6 is 0 Å². The molecule has 1 unspecified atom stereocenters. The molecule has 2 aromatic rings. The molecule has 4 heteroatoms. The summed E-state index contributed by atoms with van der Waals surface area (Å²) >= 11 is 0. The number of hydrogen-bond acceptors (Lipinski definition) is 3. The van der Waals surface area contributed by atoms with Gasteiger partial charge in [-0.3, -0.25) is 4.98 Å². The third-order valence-electron chi connectivity index (χ3n) is 3.07. The Morgan fingerprint density at radius 3 is 2.80 bits per heavy atom. The summed E-state index contributed by atoms with van der Waals surface area (Å²) in [6.45, 7) is 2.97. The van der Waals surface area contributed by atoms with Crippen molar-refractivity contribution in [3.8, 4) is 5.75 Å². The molecule has 1 N–H and O–H groups in total. The Bertz CT molecular complexity index is 542.